The minimum atomic E-state index is -0.502. The molecule has 3 aromatic rings. The van der Waals surface area contributed by atoms with Crippen LogP contribution >= 0.6 is 0 Å². The number of ether oxygens (including phenoxy) is 1. The summed E-state index contributed by atoms with van der Waals surface area (Å²) >= 11 is 0. The van der Waals surface area contributed by atoms with Gasteiger partial charge in [-0.2, -0.15) is 5.10 Å². The number of aromatic amines is 1. The minimum Gasteiger partial charge on any atom is -0.425 e. The number of aromatic nitrogens is 2. The molecule has 2 aliphatic rings. The standard InChI is InChI=1S/C25H26N4O3/c1-16-4-3-5-21(17(16)2)29-10-8-28(9-11-29)15-19-14-26-27-25(19)18-6-7-23-20(12-18)22(30)13-24(31)32-23/h3-7,12,14H,8-11,13,15H2,1-2H3,(H,26,27). The molecule has 32 heavy (non-hydrogen) atoms. The van der Waals surface area contributed by atoms with Crippen LogP contribution in [0, 0.1) is 13.8 Å². The fraction of sp³-hybridized carbons (Fsp3) is 0.320. The lowest BCUT2D eigenvalue weighted by atomic mass is 9.99. The highest BCUT2D eigenvalue weighted by Gasteiger charge is 2.26. The Balaban J connectivity index is 1.30. The molecule has 7 nitrogen and oxygen atoms in total. The summed E-state index contributed by atoms with van der Waals surface area (Å²) in [5, 5.41) is 7.34. The van der Waals surface area contributed by atoms with Gasteiger partial charge >= 0.3 is 5.97 Å². The number of H-pyrrole nitrogens is 1. The van der Waals surface area contributed by atoms with Crippen molar-refractivity contribution in [1.82, 2.24) is 15.1 Å². The van der Waals surface area contributed by atoms with Gasteiger partial charge in [-0.15, -0.1) is 0 Å². The Hall–Kier alpha value is -3.45. The summed E-state index contributed by atoms with van der Waals surface area (Å²) in [4.78, 5) is 28.7. The number of ketones is 1. The molecule has 7 heteroatoms. The van der Waals surface area contributed by atoms with Crippen molar-refractivity contribution in [2.75, 3.05) is 31.1 Å². The van der Waals surface area contributed by atoms with E-state index in [4.69, 9.17) is 4.74 Å². The van der Waals surface area contributed by atoms with Gasteiger partial charge in [0.15, 0.2) is 5.78 Å². The number of hydrogen-bond donors (Lipinski definition) is 1. The summed E-state index contributed by atoms with van der Waals surface area (Å²) in [6, 6.07) is 11.8. The van der Waals surface area contributed by atoms with Crippen molar-refractivity contribution >= 4 is 17.4 Å². The number of hydrogen-bond acceptors (Lipinski definition) is 6. The molecule has 3 heterocycles. The topological polar surface area (TPSA) is 78.5 Å². The van der Waals surface area contributed by atoms with Gasteiger partial charge in [0, 0.05) is 49.5 Å². The van der Waals surface area contributed by atoms with E-state index in [1.807, 2.05) is 12.3 Å². The molecule has 1 saturated heterocycles. The molecule has 0 amide bonds. The third-order valence-corrected chi connectivity index (χ3v) is 6.50. The van der Waals surface area contributed by atoms with Gasteiger partial charge in [0.1, 0.15) is 12.2 Å². The molecule has 0 saturated carbocycles. The van der Waals surface area contributed by atoms with Crippen LogP contribution in [0.25, 0.3) is 11.3 Å². The van der Waals surface area contributed by atoms with Crippen LogP contribution in [0.5, 0.6) is 5.75 Å². The average Bonchev–Trinajstić information content (AvgIpc) is 3.24. The third kappa shape index (κ3) is 3.80. The monoisotopic (exact) mass is 430 g/mol. The molecule has 2 aromatic carbocycles. The fourth-order valence-corrected chi connectivity index (χ4v) is 4.52. The molecular weight excluding hydrogens is 404 g/mol. The first-order valence-corrected chi connectivity index (χ1v) is 10.9. The van der Waals surface area contributed by atoms with Gasteiger partial charge in [-0.05, 0) is 49.2 Å². The van der Waals surface area contributed by atoms with E-state index in [1.165, 1.54) is 16.8 Å². The van der Waals surface area contributed by atoms with Crippen molar-refractivity contribution in [1.29, 1.82) is 0 Å². The van der Waals surface area contributed by atoms with Crippen LogP contribution in [0.15, 0.2) is 42.6 Å². The van der Waals surface area contributed by atoms with Crippen molar-refractivity contribution in [3.05, 3.63) is 64.8 Å². The van der Waals surface area contributed by atoms with Crippen LogP contribution in [0.3, 0.4) is 0 Å². The largest absolute Gasteiger partial charge is 0.425 e. The first-order chi connectivity index (χ1) is 15.5. The maximum atomic E-state index is 12.3. The highest BCUT2D eigenvalue weighted by Crippen LogP contribution is 2.32. The van der Waals surface area contributed by atoms with Crippen molar-refractivity contribution in [2.24, 2.45) is 0 Å². The van der Waals surface area contributed by atoms with E-state index in [-0.39, 0.29) is 12.2 Å². The van der Waals surface area contributed by atoms with Crippen molar-refractivity contribution in [2.45, 2.75) is 26.8 Å². The summed E-state index contributed by atoms with van der Waals surface area (Å²) in [6.45, 7) is 9.04. The molecule has 0 atom stereocenters. The number of esters is 1. The quantitative estimate of drug-likeness (QED) is 0.388. The number of Topliss-reactive ketones (excluding diaryl/α,β-unsaturated/α-hetero) is 1. The number of fused-ring (bicyclic) bond motifs is 1. The van der Waals surface area contributed by atoms with Gasteiger partial charge in [0.05, 0.1) is 17.5 Å². The molecule has 1 aromatic heterocycles. The van der Waals surface area contributed by atoms with E-state index < -0.39 is 5.97 Å². The van der Waals surface area contributed by atoms with E-state index >= 15 is 0 Å². The average molecular weight is 431 g/mol. The number of piperazine rings is 1. The molecule has 164 valence electrons. The number of carbonyl (C=O) groups is 2. The Bertz CT molecular complexity index is 1190. The smallest absolute Gasteiger partial charge is 0.319 e. The zero-order valence-electron chi connectivity index (χ0n) is 18.4. The zero-order valence-corrected chi connectivity index (χ0v) is 18.4. The van der Waals surface area contributed by atoms with Crippen LogP contribution in [0.2, 0.25) is 0 Å². The summed E-state index contributed by atoms with van der Waals surface area (Å²) < 4.78 is 5.19. The van der Waals surface area contributed by atoms with Gasteiger partial charge in [0.2, 0.25) is 0 Å². The molecule has 0 spiro atoms. The van der Waals surface area contributed by atoms with Gasteiger partial charge in [-0.25, -0.2) is 0 Å². The maximum Gasteiger partial charge on any atom is 0.319 e. The van der Waals surface area contributed by atoms with Crippen LogP contribution in [0.4, 0.5) is 5.69 Å². The van der Waals surface area contributed by atoms with Gasteiger partial charge < -0.3 is 9.64 Å². The predicted octanol–water partition coefficient (Wildman–Crippen LogP) is 3.51. The molecule has 5 rings (SSSR count). The summed E-state index contributed by atoms with van der Waals surface area (Å²) in [5.41, 5.74) is 7.31. The molecule has 2 aliphatic heterocycles. The van der Waals surface area contributed by atoms with Gasteiger partial charge in [-0.1, -0.05) is 12.1 Å². The number of benzene rings is 2. The maximum absolute atomic E-state index is 12.3. The normalized spacial score (nSPS) is 16.8. The number of nitrogens with one attached hydrogen (secondary N) is 1. The second kappa shape index (κ2) is 8.24. The Labute approximate surface area is 187 Å². The second-order valence-electron chi connectivity index (χ2n) is 8.54. The van der Waals surface area contributed by atoms with E-state index in [1.54, 1.807) is 12.1 Å². The van der Waals surface area contributed by atoms with Crippen molar-refractivity contribution in [3.63, 3.8) is 0 Å². The van der Waals surface area contributed by atoms with Crippen LogP contribution in [-0.4, -0.2) is 53.0 Å². The Morgan fingerprint density at radius 1 is 1.06 bits per heavy atom. The SMILES string of the molecule is Cc1cccc(N2CCN(Cc3cn[nH]c3-c3ccc4c(c3)C(=O)CC(=O)O4)CC2)c1C. The van der Waals surface area contributed by atoms with Crippen LogP contribution in [0.1, 0.15) is 33.5 Å². The number of aryl methyl sites for hydroxylation is 1. The minimum absolute atomic E-state index is 0.207. The second-order valence-corrected chi connectivity index (χ2v) is 8.54. The van der Waals surface area contributed by atoms with Gasteiger partial charge in [0.25, 0.3) is 0 Å². The molecule has 0 bridgehead atoms. The lowest BCUT2D eigenvalue weighted by molar-refractivity contribution is -0.133. The first kappa shape index (κ1) is 20.5. The van der Waals surface area contributed by atoms with E-state index in [2.05, 4.69) is 52.0 Å². The first-order valence-electron chi connectivity index (χ1n) is 10.9. The number of nitrogens with zero attached hydrogens (tertiary/aromatic N) is 3. The molecule has 0 aliphatic carbocycles. The Kier molecular flexibility index (Phi) is 5.27. The molecular formula is C25H26N4O3. The number of carbonyl (C=O) groups excluding carboxylic acids is 2. The number of rotatable bonds is 4. The summed E-state index contributed by atoms with van der Waals surface area (Å²) in [7, 11) is 0. The highest BCUT2D eigenvalue weighted by molar-refractivity contribution is 6.11. The van der Waals surface area contributed by atoms with E-state index in [0.29, 0.717) is 11.3 Å². The van der Waals surface area contributed by atoms with Crippen molar-refractivity contribution in [3.8, 4) is 17.0 Å². The number of anilines is 1. The van der Waals surface area contributed by atoms with Crippen LogP contribution < -0.4 is 9.64 Å². The predicted molar refractivity (Wildman–Crippen MR) is 122 cm³/mol. The summed E-state index contributed by atoms with van der Waals surface area (Å²) in [6.07, 6.45) is 1.64. The zero-order chi connectivity index (χ0) is 22.2. The molecule has 1 fully saturated rings. The fourth-order valence-electron chi connectivity index (χ4n) is 4.52. The van der Waals surface area contributed by atoms with E-state index in [0.717, 1.165) is 49.5 Å². The van der Waals surface area contributed by atoms with E-state index in [9.17, 15) is 9.59 Å². The van der Waals surface area contributed by atoms with Gasteiger partial charge in [-0.3, -0.25) is 19.6 Å². The Morgan fingerprint density at radius 2 is 1.88 bits per heavy atom. The highest BCUT2D eigenvalue weighted by atomic mass is 16.5. The lowest BCUT2D eigenvalue weighted by Crippen LogP contribution is -2.46. The molecule has 0 radical (unpaired) electrons. The molecule has 0 unspecified atom stereocenters. The molecule has 1 N–H and O–H groups in total. The third-order valence-electron chi connectivity index (χ3n) is 6.50. The van der Waals surface area contributed by atoms with Crippen molar-refractivity contribution < 1.29 is 14.3 Å². The van der Waals surface area contributed by atoms with Crippen LogP contribution in [-0.2, 0) is 11.3 Å². The summed E-state index contributed by atoms with van der Waals surface area (Å²) in [5.74, 6) is -0.377. The lowest BCUT2D eigenvalue weighted by Gasteiger charge is -2.37. The Morgan fingerprint density at radius 3 is 2.69 bits per heavy atom.